The van der Waals surface area contributed by atoms with E-state index in [1.54, 1.807) is 25.1 Å². The number of piperidine rings is 1. The Hall–Kier alpha value is -1.59. The Bertz CT molecular complexity index is 561. The highest BCUT2D eigenvalue weighted by Gasteiger charge is 2.40. The smallest absolute Gasteiger partial charge is 0.254 e. The molecule has 0 bridgehead atoms. The number of nitrogens with two attached hydrogens (primary N) is 1. The van der Waals surface area contributed by atoms with Crippen molar-refractivity contribution in [3.63, 3.8) is 0 Å². The van der Waals surface area contributed by atoms with Gasteiger partial charge in [-0.15, -0.1) is 0 Å². The van der Waals surface area contributed by atoms with E-state index in [-0.39, 0.29) is 18.9 Å². The molecule has 5 nitrogen and oxygen atoms in total. The third-order valence-corrected chi connectivity index (χ3v) is 3.87. The number of hydrogen-bond acceptors (Lipinski definition) is 3. The number of primary amides is 1. The number of aryl methyl sites for hydroxylation is 1. The lowest BCUT2D eigenvalue weighted by Gasteiger charge is -2.37. The van der Waals surface area contributed by atoms with Crippen LogP contribution in [0.25, 0.3) is 0 Å². The van der Waals surface area contributed by atoms with E-state index in [9.17, 15) is 14.7 Å². The van der Waals surface area contributed by atoms with E-state index >= 15 is 0 Å². The van der Waals surface area contributed by atoms with Gasteiger partial charge in [-0.05, 0) is 43.5 Å². The average molecular weight is 297 g/mol. The van der Waals surface area contributed by atoms with Crippen molar-refractivity contribution in [3.05, 3.63) is 34.3 Å². The number of nitrogens with zero attached hydrogens (tertiary/aromatic N) is 1. The van der Waals surface area contributed by atoms with E-state index in [1.807, 2.05) is 0 Å². The van der Waals surface area contributed by atoms with Gasteiger partial charge in [0.2, 0.25) is 0 Å². The molecule has 0 radical (unpaired) electrons. The van der Waals surface area contributed by atoms with Crippen LogP contribution in [0.4, 0.5) is 0 Å². The first kappa shape index (κ1) is 14.8. The van der Waals surface area contributed by atoms with Crippen LogP contribution in [-0.4, -0.2) is 40.5 Å². The summed E-state index contributed by atoms with van der Waals surface area (Å²) in [6.07, 6.45) is 0.823. The molecular weight excluding hydrogens is 280 g/mol. The summed E-state index contributed by atoms with van der Waals surface area (Å²) in [7, 11) is 0. The summed E-state index contributed by atoms with van der Waals surface area (Å²) < 4.78 is 0. The third kappa shape index (κ3) is 2.78. The SMILES string of the molecule is Cc1cc(Cl)ccc1C(=O)N1CCC[C@@](O)(C(N)=O)C1. The van der Waals surface area contributed by atoms with Gasteiger partial charge < -0.3 is 15.7 Å². The van der Waals surface area contributed by atoms with Crippen molar-refractivity contribution in [2.75, 3.05) is 13.1 Å². The molecular formula is C14H17ClN2O3. The fourth-order valence-corrected chi connectivity index (χ4v) is 2.67. The van der Waals surface area contributed by atoms with Gasteiger partial charge in [0.1, 0.15) is 0 Å². The average Bonchev–Trinajstić information content (AvgIpc) is 2.38. The summed E-state index contributed by atoms with van der Waals surface area (Å²) in [5.74, 6) is -1.01. The van der Waals surface area contributed by atoms with Gasteiger partial charge in [0, 0.05) is 17.1 Å². The topological polar surface area (TPSA) is 83.6 Å². The Morgan fingerprint density at radius 3 is 2.75 bits per heavy atom. The lowest BCUT2D eigenvalue weighted by atomic mass is 9.91. The molecule has 1 fully saturated rings. The zero-order valence-electron chi connectivity index (χ0n) is 11.2. The molecule has 0 spiro atoms. The summed E-state index contributed by atoms with van der Waals surface area (Å²) >= 11 is 5.87. The van der Waals surface area contributed by atoms with Crippen LogP contribution >= 0.6 is 11.6 Å². The van der Waals surface area contributed by atoms with Crippen molar-refractivity contribution in [3.8, 4) is 0 Å². The molecule has 1 aliphatic rings. The predicted octanol–water partition coefficient (Wildman–Crippen LogP) is 1.10. The molecule has 108 valence electrons. The highest BCUT2D eigenvalue weighted by atomic mass is 35.5. The standard InChI is InChI=1S/C14H17ClN2O3/c1-9-7-10(15)3-4-11(9)12(18)17-6-2-5-14(20,8-17)13(16)19/h3-4,7,20H,2,5-6,8H2,1H3,(H2,16,19)/t14-/m0/s1. The number of rotatable bonds is 2. The van der Waals surface area contributed by atoms with E-state index < -0.39 is 11.5 Å². The minimum atomic E-state index is -1.63. The van der Waals surface area contributed by atoms with E-state index in [0.717, 1.165) is 5.56 Å². The van der Waals surface area contributed by atoms with Crippen molar-refractivity contribution in [2.24, 2.45) is 5.73 Å². The molecule has 3 N–H and O–H groups in total. The molecule has 0 aliphatic carbocycles. The Balaban J connectivity index is 2.23. The Morgan fingerprint density at radius 1 is 1.45 bits per heavy atom. The van der Waals surface area contributed by atoms with Crippen LogP contribution < -0.4 is 5.73 Å². The molecule has 0 aromatic heterocycles. The van der Waals surface area contributed by atoms with Crippen LogP contribution in [0.5, 0.6) is 0 Å². The quantitative estimate of drug-likeness (QED) is 0.857. The first-order valence-electron chi connectivity index (χ1n) is 6.41. The molecule has 1 aromatic rings. The zero-order valence-corrected chi connectivity index (χ0v) is 12.0. The number of aliphatic hydroxyl groups is 1. The fourth-order valence-electron chi connectivity index (χ4n) is 2.45. The molecule has 1 aliphatic heterocycles. The maximum Gasteiger partial charge on any atom is 0.254 e. The largest absolute Gasteiger partial charge is 0.378 e. The van der Waals surface area contributed by atoms with Crippen molar-refractivity contribution in [1.29, 1.82) is 0 Å². The van der Waals surface area contributed by atoms with E-state index in [0.29, 0.717) is 23.6 Å². The monoisotopic (exact) mass is 296 g/mol. The molecule has 1 aromatic carbocycles. The summed E-state index contributed by atoms with van der Waals surface area (Å²) in [5.41, 5.74) is 4.85. The van der Waals surface area contributed by atoms with Gasteiger partial charge in [-0.2, -0.15) is 0 Å². The minimum Gasteiger partial charge on any atom is -0.378 e. The molecule has 1 atom stereocenters. The van der Waals surface area contributed by atoms with Crippen LogP contribution in [0, 0.1) is 6.92 Å². The second kappa shape index (κ2) is 5.42. The first-order valence-corrected chi connectivity index (χ1v) is 6.79. The number of likely N-dealkylation sites (tertiary alicyclic amines) is 1. The number of β-amino-alcohol motifs (C(OH)–C–C–N with tert-alkyl or cyclic N) is 1. The normalized spacial score (nSPS) is 22.6. The number of halogens is 1. The second-order valence-electron chi connectivity index (χ2n) is 5.19. The Kier molecular flexibility index (Phi) is 4.01. The van der Waals surface area contributed by atoms with E-state index in [2.05, 4.69) is 0 Å². The fraction of sp³-hybridized carbons (Fsp3) is 0.429. The van der Waals surface area contributed by atoms with Crippen LogP contribution in [0.3, 0.4) is 0 Å². The number of carbonyl (C=O) groups excluding carboxylic acids is 2. The van der Waals surface area contributed by atoms with Gasteiger partial charge in [-0.1, -0.05) is 11.6 Å². The maximum absolute atomic E-state index is 12.5. The van der Waals surface area contributed by atoms with Crippen molar-refractivity contribution in [2.45, 2.75) is 25.4 Å². The van der Waals surface area contributed by atoms with Gasteiger partial charge in [0.15, 0.2) is 5.60 Å². The Labute approximate surface area is 122 Å². The third-order valence-electron chi connectivity index (χ3n) is 3.64. The summed E-state index contributed by atoms with van der Waals surface area (Å²) in [4.78, 5) is 25.2. The van der Waals surface area contributed by atoms with Gasteiger partial charge >= 0.3 is 0 Å². The van der Waals surface area contributed by atoms with Crippen molar-refractivity contribution >= 4 is 23.4 Å². The summed E-state index contributed by atoms with van der Waals surface area (Å²) in [5, 5.41) is 10.7. The lowest BCUT2D eigenvalue weighted by Crippen LogP contribution is -2.57. The molecule has 6 heteroatoms. The van der Waals surface area contributed by atoms with Gasteiger partial charge in [-0.3, -0.25) is 9.59 Å². The molecule has 0 unspecified atom stereocenters. The second-order valence-corrected chi connectivity index (χ2v) is 5.62. The number of carbonyl (C=O) groups is 2. The predicted molar refractivity (Wildman–Crippen MR) is 75.5 cm³/mol. The number of amides is 2. The van der Waals surface area contributed by atoms with Crippen LogP contribution in [-0.2, 0) is 4.79 Å². The van der Waals surface area contributed by atoms with E-state index in [4.69, 9.17) is 17.3 Å². The maximum atomic E-state index is 12.5. The van der Waals surface area contributed by atoms with Crippen LogP contribution in [0.1, 0.15) is 28.8 Å². The van der Waals surface area contributed by atoms with Gasteiger partial charge in [0.25, 0.3) is 11.8 Å². The molecule has 20 heavy (non-hydrogen) atoms. The Morgan fingerprint density at radius 2 is 2.15 bits per heavy atom. The van der Waals surface area contributed by atoms with Gasteiger partial charge in [-0.25, -0.2) is 0 Å². The number of hydrogen-bond donors (Lipinski definition) is 2. The minimum absolute atomic E-state index is 0.0662. The molecule has 2 amide bonds. The highest BCUT2D eigenvalue weighted by molar-refractivity contribution is 6.30. The van der Waals surface area contributed by atoms with Crippen molar-refractivity contribution < 1.29 is 14.7 Å². The lowest BCUT2D eigenvalue weighted by molar-refractivity contribution is -0.140. The van der Waals surface area contributed by atoms with Crippen LogP contribution in [0.15, 0.2) is 18.2 Å². The van der Waals surface area contributed by atoms with Gasteiger partial charge in [0.05, 0.1) is 6.54 Å². The zero-order chi connectivity index (χ0) is 14.9. The van der Waals surface area contributed by atoms with E-state index in [1.165, 1.54) is 4.90 Å². The molecule has 1 saturated heterocycles. The first-order chi connectivity index (χ1) is 9.33. The van der Waals surface area contributed by atoms with Crippen molar-refractivity contribution in [1.82, 2.24) is 4.90 Å². The summed E-state index contributed by atoms with van der Waals surface area (Å²) in [6, 6.07) is 5.00. The summed E-state index contributed by atoms with van der Waals surface area (Å²) in [6.45, 7) is 2.23. The molecule has 1 heterocycles. The highest BCUT2D eigenvalue weighted by Crippen LogP contribution is 2.24. The molecule has 2 rings (SSSR count). The number of benzene rings is 1. The van der Waals surface area contributed by atoms with Crippen LogP contribution in [0.2, 0.25) is 5.02 Å². The molecule has 0 saturated carbocycles.